The van der Waals surface area contributed by atoms with E-state index in [1.807, 2.05) is 0 Å². The maximum Gasteiger partial charge on any atom is 0.127 e. The standard InChI is InChI=1S/C14H21NO2/c1-16-10-12-4-3-5-13(14(12)17-2)11-6-8-15-9-7-11/h3-5,11,15H,6-10H2,1-2H3. The molecule has 1 aliphatic heterocycles. The van der Waals surface area contributed by atoms with E-state index in [1.165, 1.54) is 18.4 Å². The average molecular weight is 235 g/mol. The molecule has 1 fully saturated rings. The van der Waals surface area contributed by atoms with Crippen LogP contribution in [0.2, 0.25) is 0 Å². The fourth-order valence-corrected chi connectivity index (χ4v) is 2.58. The molecule has 0 aromatic heterocycles. The first-order valence-corrected chi connectivity index (χ1v) is 6.22. The van der Waals surface area contributed by atoms with E-state index in [0.717, 1.165) is 24.4 Å². The number of piperidine rings is 1. The van der Waals surface area contributed by atoms with Crippen LogP contribution in [0, 0.1) is 0 Å². The Bertz CT molecular complexity index is 359. The minimum Gasteiger partial charge on any atom is -0.496 e. The Morgan fingerprint density at radius 2 is 2.00 bits per heavy atom. The second-order valence-electron chi connectivity index (χ2n) is 4.50. The van der Waals surface area contributed by atoms with E-state index < -0.39 is 0 Å². The van der Waals surface area contributed by atoms with Gasteiger partial charge < -0.3 is 14.8 Å². The fraction of sp³-hybridized carbons (Fsp3) is 0.571. The van der Waals surface area contributed by atoms with Gasteiger partial charge in [0.1, 0.15) is 5.75 Å². The van der Waals surface area contributed by atoms with Gasteiger partial charge >= 0.3 is 0 Å². The minimum absolute atomic E-state index is 0.613. The highest BCUT2D eigenvalue weighted by Crippen LogP contribution is 2.35. The Labute approximate surface area is 103 Å². The van der Waals surface area contributed by atoms with Crippen LogP contribution in [-0.4, -0.2) is 27.3 Å². The molecular formula is C14H21NO2. The molecule has 1 N–H and O–H groups in total. The molecule has 0 aliphatic carbocycles. The Hall–Kier alpha value is -1.06. The molecule has 1 aliphatic rings. The van der Waals surface area contributed by atoms with Crippen molar-refractivity contribution < 1.29 is 9.47 Å². The molecule has 2 rings (SSSR count). The van der Waals surface area contributed by atoms with Gasteiger partial charge in [0.2, 0.25) is 0 Å². The molecule has 0 atom stereocenters. The summed E-state index contributed by atoms with van der Waals surface area (Å²) in [5, 5.41) is 3.40. The normalized spacial score (nSPS) is 17.1. The second-order valence-corrected chi connectivity index (χ2v) is 4.50. The molecular weight excluding hydrogens is 214 g/mol. The number of benzene rings is 1. The maximum absolute atomic E-state index is 5.58. The fourth-order valence-electron chi connectivity index (χ4n) is 2.58. The van der Waals surface area contributed by atoms with Crippen LogP contribution in [0.3, 0.4) is 0 Å². The first-order chi connectivity index (χ1) is 8.36. The monoisotopic (exact) mass is 235 g/mol. The molecule has 94 valence electrons. The highest BCUT2D eigenvalue weighted by Gasteiger charge is 2.20. The molecule has 3 heteroatoms. The van der Waals surface area contributed by atoms with Gasteiger partial charge in [0.05, 0.1) is 13.7 Å². The van der Waals surface area contributed by atoms with Crippen molar-refractivity contribution in [3.63, 3.8) is 0 Å². The summed E-state index contributed by atoms with van der Waals surface area (Å²) < 4.78 is 10.8. The topological polar surface area (TPSA) is 30.5 Å². The molecule has 0 unspecified atom stereocenters. The van der Waals surface area contributed by atoms with Crippen LogP contribution in [0.15, 0.2) is 18.2 Å². The van der Waals surface area contributed by atoms with Crippen LogP contribution in [0.1, 0.15) is 29.9 Å². The van der Waals surface area contributed by atoms with Crippen molar-refractivity contribution in [1.82, 2.24) is 5.32 Å². The number of nitrogens with one attached hydrogen (secondary N) is 1. The van der Waals surface area contributed by atoms with Crippen LogP contribution in [0.4, 0.5) is 0 Å². The SMILES string of the molecule is COCc1cccc(C2CCNCC2)c1OC. The van der Waals surface area contributed by atoms with Crippen LogP contribution < -0.4 is 10.1 Å². The van der Waals surface area contributed by atoms with E-state index in [9.17, 15) is 0 Å². The van der Waals surface area contributed by atoms with Crippen molar-refractivity contribution in [1.29, 1.82) is 0 Å². The molecule has 17 heavy (non-hydrogen) atoms. The lowest BCUT2D eigenvalue weighted by molar-refractivity contribution is 0.181. The van der Waals surface area contributed by atoms with E-state index in [2.05, 4.69) is 23.5 Å². The first-order valence-electron chi connectivity index (χ1n) is 6.22. The number of rotatable bonds is 4. The summed E-state index contributed by atoms with van der Waals surface area (Å²) >= 11 is 0. The Morgan fingerprint density at radius 3 is 2.65 bits per heavy atom. The number of hydrogen-bond acceptors (Lipinski definition) is 3. The van der Waals surface area contributed by atoms with Gasteiger partial charge in [0.15, 0.2) is 0 Å². The average Bonchev–Trinajstić information content (AvgIpc) is 2.40. The predicted octanol–water partition coefficient (Wildman–Crippen LogP) is 2.31. The summed E-state index contributed by atoms with van der Waals surface area (Å²) in [5.41, 5.74) is 2.48. The van der Waals surface area contributed by atoms with Gasteiger partial charge in [-0.05, 0) is 37.4 Å². The van der Waals surface area contributed by atoms with Gasteiger partial charge in [-0.25, -0.2) is 0 Å². The third-order valence-electron chi connectivity index (χ3n) is 3.41. The number of para-hydroxylation sites is 1. The van der Waals surface area contributed by atoms with Crippen LogP contribution in [0.5, 0.6) is 5.75 Å². The van der Waals surface area contributed by atoms with E-state index in [0.29, 0.717) is 12.5 Å². The zero-order chi connectivity index (χ0) is 12.1. The number of hydrogen-bond donors (Lipinski definition) is 1. The lowest BCUT2D eigenvalue weighted by atomic mass is 9.88. The summed E-state index contributed by atoms with van der Waals surface area (Å²) in [6.45, 7) is 2.81. The van der Waals surface area contributed by atoms with Crippen molar-refractivity contribution in [2.75, 3.05) is 27.3 Å². The van der Waals surface area contributed by atoms with Crippen molar-refractivity contribution in [2.45, 2.75) is 25.4 Å². The first kappa shape index (κ1) is 12.4. The Kier molecular flexibility index (Phi) is 4.40. The predicted molar refractivity (Wildman–Crippen MR) is 68.6 cm³/mol. The highest BCUT2D eigenvalue weighted by atomic mass is 16.5. The van der Waals surface area contributed by atoms with Crippen LogP contribution in [0.25, 0.3) is 0 Å². The molecule has 1 saturated heterocycles. The summed E-state index contributed by atoms with van der Waals surface area (Å²) in [7, 11) is 3.47. The number of methoxy groups -OCH3 is 2. The summed E-state index contributed by atoms with van der Waals surface area (Å²) in [6, 6.07) is 6.37. The molecule has 0 amide bonds. The summed E-state index contributed by atoms with van der Waals surface area (Å²) in [4.78, 5) is 0. The van der Waals surface area contributed by atoms with Gasteiger partial charge in [-0.15, -0.1) is 0 Å². The molecule has 0 radical (unpaired) electrons. The molecule has 1 heterocycles. The van der Waals surface area contributed by atoms with Gasteiger partial charge in [-0.1, -0.05) is 18.2 Å². The van der Waals surface area contributed by atoms with Gasteiger partial charge in [-0.3, -0.25) is 0 Å². The minimum atomic E-state index is 0.613. The molecule has 0 spiro atoms. The maximum atomic E-state index is 5.58. The quantitative estimate of drug-likeness (QED) is 0.868. The van der Waals surface area contributed by atoms with E-state index in [-0.39, 0.29) is 0 Å². The molecule has 0 saturated carbocycles. The zero-order valence-electron chi connectivity index (χ0n) is 10.7. The van der Waals surface area contributed by atoms with E-state index >= 15 is 0 Å². The third-order valence-corrected chi connectivity index (χ3v) is 3.41. The third kappa shape index (κ3) is 2.79. The molecule has 0 bridgehead atoms. The zero-order valence-corrected chi connectivity index (χ0v) is 10.7. The molecule has 3 nitrogen and oxygen atoms in total. The number of ether oxygens (including phenoxy) is 2. The van der Waals surface area contributed by atoms with Crippen molar-refractivity contribution in [3.8, 4) is 5.75 Å². The van der Waals surface area contributed by atoms with Gasteiger partial charge in [0.25, 0.3) is 0 Å². The summed E-state index contributed by atoms with van der Waals surface area (Å²) in [5.74, 6) is 1.63. The Balaban J connectivity index is 2.28. The van der Waals surface area contributed by atoms with Crippen LogP contribution >= 0.6 is 0 Å². The molecule has 1 aromatic carbocycles. The van der Waals surface area contributed by atoms with Crippen molar-refractivity contribution in [3.05, 3.63) is 29.3 Å². The van der Waals surface area contributed by atoms with Crippen LogP contribution in [-0.2, 0) is 11.3 Å². The van der Waals surface area contributed by atoms with E-state index in [1.54, 1.807) is 14.2 Å². The summed E-state index contributed by atoms with van der Waals surface area (Å²) in [6.07, 6.45) is 2.37. The largest absolute Gasteiger partial charge is 0.496 e. The second kappa shape index (κ2) is 6.03. The van der Waals surface area contributed by atoms with Crippen molar-refractivity contribution >= 4 is 0 Å². The van der Waals surface area contributed by atoms with Gasteiger partial charge in [-0.2, -0.15) is 0 Å². The van der Waals surface area contributed by atoms with Gasteiger partial charge in [0, 0.05) is 12.7 Å². The lowest BCUT2D eigenvalue weighted by Gasteiger charge is -2.25. The molecule has 1 aromatic rings. The highest BCUT2D eigenvalue weighted by molar-refractivity contribution is 5.43. The van der Waals surface area contributed by atoms with Crippen molar-refractivity contribution in [2.24, 2.45) is 0 Å². The Morgan fingerprint density at radius 1 is 1.24 bits per heavy atom. The smallest absolute Gasteiger partial charge is 0.127 e. The van der Waals surface area contributed by atoms with E-state index in [4.69, 9.17) is 9.47 Å². The lowest BCUT2D eigenvalue weighted by Crippen LogP contribution is -2.26.